The number of aromatic nitrogens is 3. The average molecular weight is 351 g/mol. The van der Waals surface area contributed by atoms with Gasteiger partial charge in [-0.15, -0.1) is 0 Å². The molecule has 0 saturated heterocycles. The maximum Gasteiger partial charge on any atom is 0.226 e. The minimum Gasteiger partial charge on any atom is -0.354 e. The van der Waals surface area contributed by atoms with Gasteiger partial charge in [-0.2, -0.15) is 9.97 Å². The first kappa shape index (κ1) is 21.8. The van der Waals surface area contributed by atoms with Crippen molar-refractivity contribution >= 4 is 5.95 Å². The Hall–Kier alpha value is -1.27. The first-order valence-electron chi connectivity index (χ1n) is 9.55. The van der Waals surface area contributed by atoms with Crippen LogP contribution in [0.25, 0.3) is 0 Å². The van der Waals surface area contributed by atoms with Crippen LogP contribution in [0.4, 0.5) is 5.95 Å². The SMILES string of the molecule is CCN(C)CCCCc1nc(NCCCN(C)C)nc(C(C)(C)C)n1. The summed E-state index contributed by atoms with van der Waals surface area (Å²) in [5.41, 5.74) is -0.0693. The molecule has 0 radical (unpaired) electrons. The summed E-state index contributed by atoms with van der Waals surface area (Å²) in [4.78, 5) is 18.5. The van der Waals surface area contributed by atoms with Crippen molar-refractivity contribution in [1.29, 1.82) is 0 Å². The van der Waals surface area contributed by atoms with Gasteiger partial charge >= 0.3 is 0 Å². The molecule has 1 aromatic heterocycles. The molecule has 0 aliphatic carbocycles. The van der Waals surface area contributed by atoms with Gasteiger partial charge in [0.2, 0.25) is 5.95 Å². The largest absolute Gasteiger partial charge is 0.354 e. The molecule has 0 saturated carbocycles. The molecule has 1 rings (SSSR count). The first-order chi connectivity index (χ1) is 11.7. The topological polar surface area (TPSA) is 57.2 Å². The molecular formula is C19H38N6. The normalized spacial score (nSPS) is 12.2. The van der Waals surface area contributed by atoms with E-state index in [0.29, 0.717) is 0 Å². The zero-order chi connectivity index (χ0) is 18.9. The number of unbranched alkanes of at least 4 members (excludes halogenated alkanes) is 1. The van der Waals surface area contributed by atoms with Gasteiger partial charge in [0.05, 0.1) is 0 Å². The molecule has 0 atom stereocenters. The summed E-state index contributed by atoms with van der Waals surface area (Å²) in [6.45, 7) is 12.8. The number of hydrogen-bond donors (Lipinski definition) is 1. The Labute approximate surface area is 154 Å². The molecule has 25 heavy (non-hydrogen) atoms. The summed E-state index contributed by atoms with van der Waals surface area (Å²) in [5, 5.41) is 3.37. The maximum atomic E-state index is 4.71. The summed E-state index contributed by atoms with van der Waals surface area (Å²) in [6, 6.07) is 0. The van der Waals surface area contributed by atoms with Crippen LogP contribution < -0.4 is 5.32 Å². The van der Waals surface area contributed by atoms with Gasteiger partial charge in [-0.3, -0.25) is 0 Å². The summed E-state index contributed by atoms with van der Waals surface area (Å²) in [6.07, 6.45) is 4.27. The summed E-state index contributed by atoms with van der Waals surface area (Å²) >= 11 is 0. The van der Waals surface area contributed by atoms with E-state index in [1.54, 1.807) is 0 Å². The Morgan fingerprint density at radius 1 is 0.920 bits per heavy atom. The second-order valence-electron chi connectivity index (χ2n) is 8.09. The van der Waals surface area contributed by atoms with E-state index in [1.807, 2.05) is 0 Å². The lowest BCUT2D eigenvalue weighted by atomic mass is 9.96. The zero-order valence-electron chi connectivity index (χ0n) is 17.4. The third kappa shape index (κ3) is 9.12. The molecule has 0 unspecified atom stereocenters. The lowest BCUT2D eigenvalue weighted by Gasteiger charge is -2.19. The molecule has 0 aliphatic rings. The quantitative estimate of drug-likeness (QED) is 0.619. The zero-order valence-corrected chi connectivity index (χ0v) is 17.4. The standard InChI is InChI=1S/C19H38N6/c1-8-25(7)15-10-9-12-16-21-17(19(2,3)4)23-18(22-16)20-13-11-14-24(5)6/h8-15H2,1-7H3,(H,20,21,22,23). The highest BCUT2D eigenvalue weighted by molar-refractivity contribution is 5.26. The molecule has 0 aromatic carbocycles. The maximum absolute atomic E-state index is 4.71. The van der Waals surface area contributed by atoms with Crippen LogP contribution in [0.1, 0.15) is 58.6 Å². The van der Waals surface area contributed by atoms with E-state index in [0.717, 1.165) is 63.0 Å². The van der Waals surface area contributed by atoms with Crippen molar-refractivity contribution in [2.45, 2.75) is 58.8 Å². The minimum absolute atomic E-state index is 0.0693. The van der Waals surface area contributed by atoms with Crippen molar-refractivity contribution in [3.63, 3.8) is 0 Å². The Morgan fingerprint density at radius 2 is 1.64 bits per heavy atom. The first-order valence-corrected chi connectivity index (χ1v) is 9.55. The second-order valence-corrected chi connectivity index (χ2v) is 8.09. The van der Waals surface area contributed by atoms with Crippen LogP contribution >= 0.6 is 0 Å². The average Bonchev–Trinajstić information content (AvgIpc) is 2.54. The molecular weight excluding hydrogens is 312 g/mol. The van der Waals surface area contributed by atoms with Crippen LogP contribution in [-0.2, 0) is 11.8 Å². The molecule has 0 fully saturated rings. The van der Waals surface area contributed by atoms with Crippen LogP contribution in [0.5, 0.6) is 0 Å². The van der Waals surface area contributed by atoms with E-state index in [-0.39, 0.29) is 5.41 Å². The minimum atomic E-state index is -0.0693. The highest BCUT2D eigenvalue weighted by Gasteiger charge is 2.19. The van der Waals surface area contributed by atoms with Gasteiger partial charge in [0.1, 0.15) is 11.6 Å². The Morgan fingerprint density at radius 3 is 2.24 bits per heavy atom. The lowest BCUT2D eigenvalue weighted by Crippen LogP contribution is -2.21. The molecule has 0 amide bonds. The van der Waals surface area contributed by atoms with E-state index < -0.39 is 0 Å². The molecule has 1 heterocycles. The smallest absolute Gasteiger partial charge is 0.226 e. The Kier molecular flexibility index (Phi) is 9.28. The number of hydrogen-bond acceptors (Lipinski definition) is 6. The van der Waals surface area contributed by atoms with Crippen molar-refractivity contribution < 1.29 is 0 Å². The van der Waals surface area contributed by atoms with Crippen LogP contribution in [0.3, 0.4) is 0 Å². The van der Waals surface area contributed by atoms with E-state index in [9.17, 15) is 0 Å². The number of anilines is 1. The van der Waals surface area contributed by atoms with Gasteiger partial charge in [0, 0.05) is 18.4 Å². The van der Waals surface area contributed by atoms with Crippen molar-refractivity contribution in [2.24, 2.45) is 0 Å². The van der Waals surface area contributed by atoms with Crippen molar-refractivity contribution in [3.05, 3.63) is 11.6 Å². The predicted molar refractivity (Wildman–Crippen MR) is 106 cm³/mol. The highest BCUT2D eigenvalue weighted by Crippen LogP contribution is 2.19. The molecule has 0 aliphatic heterocycles. The molecule has 1 aromatic rings. The van der Waals surface area contributed by atoms with Gasteiger partial charge in [-0.25, -0.2) is 4.98 Å². The number of aryl methyl sites for hydroxylation is 1. The van der Waals surface area contributed by atoms with Gasteiger partial charge in [-0.1, -0.05) is 27.7 Å². The third-order valence-corrected chi connectivity index (χ3v) is 4.15. The highest BCUT2D eigenvalue weighted by atomic mass is 15.2. The van der Waals surface area contributed by atoms with Gasteiger partial charge in [-0.05, 0) is 60.0 Å². The number of nitrogens with one attached hydrogen (secondary N) is 1. The summed E-state index contributed by atoms with van der Waals surface area (Å²) in [5.74, 6) is 2.51. The molecule has 0 bridgehead atoms. The van der Waals surface area contributed by atoms with Crippen molar-refractivity contribution in [2.75, 3.05) is 52.6 Å². The lowest BCUT2D eigenvalue weighted by molar-refractivity contribution is 0.343. The second kappa shape index (κ2) is 10.7. The summed E-state index contributed by atoms with van der Waals surface area (Å²) in [7, 11) is 6.35. The fourth-order valence-corrected chi connectivity index (χ4v) is 2.36. The molecule has 1 N–H and O–H groups in total. The van der Waals surface area contributed by atoms with E-state index in [2.05, 4.69) is 73.9 Å². The van der Waals surface area contributed by atoms with Crippen LogP contribution in [0.2, 0.25) is 0 Å². The van der Waals surface area contributed by atoms with E-state index in [1.165, 1.54) is 6.42 Å². The Balaban J connectivity index is 2.67. The van der Waals surface area contributed by atoms with Crippen LogP contribution in [0, 0.1) is 0 Å². The van der Waals surface area contributed by atoms with Gasteiger partial charge in [0.25, 0.3) is 0 Å². The van der Waals surface area contributed by atoms with E-state index >= 15 is 0 Å². The van der Waals surface area contributed by atoms with Gasteiger partial charge in [0.15, 0.2) is 0 Å². The fourth-order valence-electron chi connectivity index (χ4n) is 2.36. The number of nitrogens with zero attached hydrogens (tertiary/aromatic N) is 5. The monoisotopic (exact) mass is 350 g/mol. The van der Waals surface area contributed by atoms with Crippen LogP contribution in [-0.4, -0.2) is 72.1 Å². The predicted octanol–water partition coefficient (Wildman–Crippen LogP) is 2.81. The third-order valence-electron chi connectivity index (χ3n) is 4.15. The van der Waals surface area contributed by atoms with Crippen molar-refractivity contribution in [1.82, 2.24) is 24.8 Å². The number of rotatable bonds is 11. The molecule has 144 valence electrons. The molecule has 0 spiro atoms. The van der Waals surface area contributed by atoms with E-state index in [4.69, 9.17) is 4.98 Å². The molecule has 6 nitrogen and oxygen atoms in total. The molecule has 6 heteroatoms. The van der Waals surface area contributed by atoms with Crippen molar-refractivity contribution in [3.8, 4) is 0 Å². The fraction of sp³-hybridized carbons (Fsp3) is 0.842. The van der Waals surface area contributed by atoms with Crippen LogP contribution in [0.15, 0.2) is 0 Å². The van der Waals surface area contributed by atoms with Gasteiger partial charge < -0.3 is 15.1 Å². The Bertz CT molecular complexity index is 495. The summed E-state index contributed by atoms with van der Waals surface area (Å²) < 4.78 is 0.